The van der Waals surface area contributed by atoms with Crippen LogP contribution >= 0.6 is 11.6 Å². The highest BCUT2D eigenvalue weighted by Gasteiger charge is 2.46. The summed E-state index contributed by atoms with van der Waals surface area (Å²) in [5.74, 6) is -1.56. The van der Waals surface area contributed by atoms with E-state index in [2.05, 4.69) is 0 Å². The van der Waals surface area contributed by atoms with Crippen molar-refractivity contribution in [3.8, 4) is 0 Å². The number of rotatable bonds is 8. The van der Waals surface area contributed by atoms with Gasteiger partial charge in [-0.05, 0) is 48.4 Å². The lowest BCUT2D eigenvalue weighted by Gasteiger charge is -2.31. The molecule has 168 valence electrons. The van der Waals surface area contributed by atoms with E-state index in [9.17, 15) is 23.1 Å². The van der Waals surface area contributed by atoms with Crippen molar-refractivity contribution >= 4 is 33.4 Å². The average Bonchev–Trinajstić information content (AvgIpc) is 2.99. The summed E-state index contributed by atoms with van der Waals surface area (Å²) in [6, 6.07) is 16.2. The molecule has 0 aliphatic rings. The molecule has 0 saturated carbocycles. The smallest absolute Gasteiger partial charge is 0.305 e. The Kier molecular flexibility index (Phi) is 6.59. The third-order valence-corrected chi connectivity index (χ3v) is 7.46. The Morgan fingerprint density at radius 2 is 1.69 bits per heavy atom. The van der Waals surface area contributed by atoms with Crippen LogP contribution in [0.15, 0.2) is 60.7 Å². The fourth-order valence-electron chi connectivity index (χ4n) is 3.97. The summed E-state index contributed by atoms with van der Waals surface area (Å²) in [5, 5.41) is 15.7. The SMILES string of the molecule is Cc1cc(CC(CC(=O)O)(c2ccccc2)S(N)(=O)=O)n(C)c1C(=O)c1ccc(Cl)cc1. The lowest BCUT2D eigenvalue weighted by Crippen LogP contribution is -2.45. The van der Waals surface area contributed by atoms with Gasteiger partial charge in [0.05, 0.1) is 12.1 Å². The Morgan fingerprint density at radius 1 is 1.09 bits per heavy atom. The van der Waals surface area contributed by atoms with Crippen LogP contribution in [0.25, 0.3) is 0 Å². The van der Waals surface area contributed by atoms with Crippen LogP contribution in [0, 0.1) is 6.92 Å². The number of carbonyl (C=O) groups excluding carboxylic acids is 1. The van der Waals surface area contributed by atoms with Crippen molar-refractivity contribution in [1.29, 1.82) is 0 Å². The summed E-state index contributed by atoms with van der Waals surface area (Å²) >= 11 is 5.91. The normalized spacial score (nSPS) is 13.5. The number of hydrogen-bond acceptors (Lipinski definition) is 4. The highest BCUT2D eigenvalue weighted by Crippen LogP contribution is 2.37. The van der Waals surface area contributed by atoms with Crippen LogP contribution in [0.5, 0.6) is 0 Å². The van der Waals surface area contributed by atoms with Gasteiger partial charge in [-0.3, -0.25) is 9.59 Å². The van der Waals surface area contributed by atoms with Crippen molar-refractivity contribution in [2.75, 3.05) is 0 Å². The zero-order chi connectivity index (χ0) is 23.7. The maximum atomic E-state index is 13.1. The van der Waals surface area contributed by atoms with Gasteiger partial charge in [-0.2, -0.15) is 0 Å². The summed E-state index contributed by atoms with van der Waals surface area (Å²) < 4.78 is 25.3. The molecule has 1 unspecified atom stereocenters. The number of aromatic nitrogens is 1. The van der Waals surface area contributed by atoms with Crippen molar-refractivity contribution in [2.24, 2.45) is 12.2 Å². The van der Waals surface area contributed by atoms with Gasteiger partial charge in [0, 0.05) is 29.7 Å². The van der Waals surface area contributed by atoms with Crippen LogP contribution in [0.1, 0.15) is 39.3 Å². The molecule has 1 heterocycles. The number of nitrogens with zero attached hydrogens (tertiary/aromatic N) is 1. The van der Waals surface area contributed by atoms with E-state index in [1.165, 1.54) is 0 Å². The molecular formula is C23H23ClN2O5S. The predicted octanol–water partition coefficient (Wildman–Crippen LogP) is 3.42. The zero-order valence-electron chi connectivity index (χ0n) is 17.6. The van der Waals surface area contributed by atoms with E-state index >= 15 is 0 Å². The fraction of sp³-hybridized carbons (Fsp3) is 0.217. The molecule has 0 bridgehead atoms. The summed E-state index contributed by atoms with van der Waals surface area (Å²) in [7, 11) is -2.72. The van der Waals surface area contributed by atoms with Gasteiger partial charge < -0.3 is 9.67 Å². The van der Waals surface area contributed by atoms with Gasteiger partial charge in [0.2, 0.25) is 15.8 Å². The number of sulfonamides is 1. The zero-order valence-corrected chi connectivity index (χ0v) is 19.2. The number of ketones is 1. The lowest BCUT2D eigenvalue weighted by molar-refractivity contribution is -0.137. The molecule has 7 nitrogen and oxygen atoms in total. The number of aliphatic carboxylic acids is 1. The van der Waals surface area contributed by atoms with Gasteiger partial charge in [0.25, 0.3) is 0 Å². The van der Waals surface area contributed by atoms with Crippen molar-refractivity contribution in [2.45, 2.75) is 24.5 Å². The molecule has 9 heteroatoms. The second kappa shape index (κ2) is 8.90. The van der Waals surface area contributed by atoms with E-state index in [0.29, 0.717) is 27.5 Å². The summed E-state index contributed by atoms with van der Waals surface area (Å²) in [4.78, 5) is 24.8. The molecule has 3 rings (SSSR count). The second-order valence-corrected chi connectivity index (χ2v) is 10.0. The number of halogens is 1. The number of carboxylic acid groups (broad SMARTS) is 1. The predicted molar refractivity (Wildman–Crippen MR) is 122 cm³/mol. The molecule has 1 atom stereocenters. The topological polar surface area (TPSA) is 119 Å². The van der Waals surface area contributed by atoms with Gasteiger partial charge in [0.15, 0.2) is 0 Å². The summed E-state index contributed by atoms with van der Waals surface area (Å²) in [6.07, 6.45) is -0.937. The van der Waals surface area contributed by atoms with Crippen molar-refractivity contribution in [3.63, 3.8) is 0 Å². The number of nitrogens with two attached hydrogens (primary N) is 1. The maximum absolute atomic E-state index is 13.1. The second-order valence-electron chi connectivity index (χ2n) is 7.71. The number of carboxylic acids is 1. The minimum absolute atomic E-state index is 0.215. The first-order valence-corrected chi connectivity index (χ1v) is 11.6. The Morgan fingerprint density at radius 3 is 2.22 bits per heavy atom. The highest BCUT2D eigenvalue weighted by molar-refractivity contribution is 7.90. The number of carbonyl (C=O) groups is 2. The fourth-order valence-corrected chi connectivity index (χ4v) is 5.24. The van der Waals surface area contributed by atoms with Crippen LogP contribution in [0.2, 0.25) is 5.02 Å². The number of hydrogen-bond donors (Lipinski definition) is 2. The van der Waals surface area contributed by atoms with Crippen LogP contribution in [0.4, 0.5) is 0 Å². The molecule has 0 fully saturated rings. The Bertz CT molecular complexity index is 1270. The molecule has 0 saturated heterocycles. The minimum atomic E-state index is -4.36. The Labute approximate surface area is 191 Å². The summed E-state index contributed by atoms with van der Waals surface area (Å²) in [6.45, 7) is 1.74. The van der Waals surface area contributed by atoms with E-state index in [4.69, 9.17) is 16.7 Å². The van der Waals surface area contributed by atoms with Crippen LogP contribution in [0.3, 0.4) is 0 Å². The molecule has 32 heavy (non-hydrogen) atoms. The van der Waals surface area contributed by atoms with Gasteiger partial charge in [-0.25, -0.2) is 13.6 Å². The summed E-state index contributed by atoms with van der Waals surface area (Å²) in [5.41, 5.74) is 2.17. The van der Waals surface area contributed by atoms with E-state index in [1.807, 2.05) is 0 Å². The standard InChI is InChI=1S/C23H23ClN2O5S/c1-15-12-19(26(2)21(15)22(29)16-8-10-18(24)11-9-16)13-23(14-20(27)28,32(25,30)31)17-6-4-3-5-7-17/h3-12H,13-14H2,1-2H3,(H,27,28)(H2,25,30,31). The number of aryl methyl sites for hydroxylation is 1. The van der Waals surface area contributed by atoms with Crippen molar-refractivity contribution in [1.82, 2.24) is 4.57 Å². The Balaban J connectivity index is 2.14. The third kappa shape index (κ3) is 4.48. The van der Waals surface area contributed by atoms with Crippen LogP contribution < -0.4 is 5.14 Å². The van der Waals surface area contributed by atoms with E-state index in [0.717, 1.165) is 0 Å². The Hall–Kier alpha value is -2.94. The quantitative estimate of drug-likeness (QED) is 0.485. The van der Waals surface area contributed by atoms with Crippen LogP contribution in [-0.2, 0) is 33.0 Å². The van der Waals surface area contributed by atoms with Crippen LogP contribution in [-0.4, -0.2) is 29.8 Å². The molecular weight excluding hydrogens is 452 g/mol. The maximum Gasteiger partial charge on any atom is 0.305 e. The molecule has 0 aliphatic heterocycles. The first kappa shape index (κ1) is 23.7. The first-order chi connectivity index (χ1) is 15.0. The number of primary sulfonamides is 1. The largest absolute Gasteiger partial charge is 0.481 e. The van der Waals surface area contributed by atoms with Crippen molar-refractivity contribution < 1.29 is 23.1 Å². The lowest BCUT2D eigenvalue weighted by atomic mass is 9.90. The van der Waals surface area contributed by atoms with Gasteiger partial charge in [0.1, 0.15) is 4.75 Å². The minimum Gasteiger partial charge on any atom is -0.481 e. The first-order valence-electron chi connectivity index (χ1n) is 9.71. The molecule has 0 radical (unpaired) electrons. The molecule has 2 aromatic carbocycles. The molecule has 3 aromatic rings. The van der Waals surface area contributed by atoms with E-state index < -0.39 is 27.2 Å². The molecule has 0 aliphatic carbocycles. The van der Waals surface area contributed by atoms with Gasteiger partial charge >= 0.3 is 5.97 Å². The average molecular weight is 475 g/mol. The monoisotopic (exact) mass is 474 g/mol. The number of benzene rings is 2. The van der Waals surface area contributed by atoms with E-state index in [-0.39, 0.29) is 17.8 Å². The molecule has 0 spiro atoms. The molecule has 0 amide bonds. The van der Waals surface area contributed by atoms with Gasteiger partial charge in [-0.15, -0.1) is 0 Å². The third-order valence-electron chi connectivity index (χ3n) is 5.59. The van der Waals surface area contributed by atoms with E-state index in [1.54, 1.807) is 79.2 Å². The van der Waals surface area contributed by atoms with Gasteiger partial charge in [-0.1, -0.05) is 41.9 Å². The highest BCUT2D eigenvalue weighted by atomic mass is 35.5. The molecule has 3 N–H and O–H groups in total. The van der Waals surface area contributed by atoms with Crippen molar-refractivity contribution in [3.05, 3.63) is 93.8 Å². The molecule has 1 aromatic heterocycles.